The zero-order chi connectivity index (χ0) is 12.5. The molecule has 0 atom stereocenters. The van der Waals surface area contributed by atoms with Gasteiger partial charge in [-0.15, -0.1) is 12.4 Å². The van der Waals surface area contributed by atoms with Crippen molar-refractivity contribution in [2.24, 2.45) is 0 Å². The van der Waals surface area contributed by atoms with Gasteiger partial charge in [0.2, 0.25) is 0 Å². The van der Waals surface area contributed by atoms with Crippen LogP contribution in [0.3, 0.4) is 0 Å². The van der Waals surface area contributed by atoms with E-state index in [1.807, 2.05) is 19.0 Å². The van der Waals surface area contributed by atoms with E-state index in [4.69, 9.17) is 10.7 Å². The zero-order valence-corrected chi connectivity index (χ0v) is 12.7. The fraction of sp³-hybridized carbons (Fsp3) is 0.667. The normalized spacial score (nSPS) is 11.6. The third-order valence-electron chi connectivity index (χ3n) is 2.32. The highest BCUT2D eigenvalue weighted by Gasteiger charge is 2.22. The molecule has 8 heteroatoms. The summed E-state index contributed by atoms with van der Waals surface area (Å²) in [6.07, 6.45) is 0. The number of hydrogen-bond acceptors (Lipinski definition) is 4. The predicted molar refractivity (Wildman–Crippen MR) is 70.5 cm³/mol. The molecule has 0 aliphatic rings. The minimum absolute atomic E-state index is 0. The molecule has 0 aliphatic carbocycles. The molecule has 100 valence electrons. The van der Waals surface area contributed by atoms with E-state index in [1.165, 1.54) is 0 Å². The number of aromatic nitrogens is 2. The van der Waals surface area contributed by atoms with E-state index in [-0.39, 0.29) is 17.3 Å². The van der Waals surface area contributed by atoms with Gasteiger partial charge < -0.3 is 4.90 Å². The standard InChI is InChI=1S/C9H16ClN3O2S.ClH/c1-7-9(16(10,14)15)8(2)13(11-7)6-5-12(3)4;/h5-6H2,1-4H3;1H. The molecule has 0 aliphatic heterocycles. The molecule has 0 saturated carbocycles. The molecule has 1 aromatic heterocycles. The lowest BCUT2D eigenvalue weighted by atomic mass is 10.4. The van der Waals surface area contributed by atoms with E-state index >= 15 is 0 Å². The van der Waals surface area contributed by atoms with Crippen LogP contribution >= 0.6 is 23.1 Å². The van der Waals surface area contributed by atoms with Crippen molar-refractivity contribution in [2.75, 3.05) is 20.6 Å². The molecular weight excluding hydrogens is 285 g/mol. The molecule has 1 heterocycles. The first kappa shape index (κ1) is 16.7. The van der Waals surface area contributed by atoms with Crippen LogP contribution in [-0.4, -0.2) is 43.7 Å². The SMILES string of the molecule is Cc1nn(CCN(C)C)c(C)c1S(=O)(=O)Cl.Cl. The Labute approximate surface area is 113 Å². The summed E-state index contributed by atoms with van der Waals surface area (Å²) in [6.45, 7) is 4.80. The van der Waals surface area contributed by atoms with Crippen molar-refractivity contribution in [1.82, 2.24) is 14.7 Å². The zero-order valence-electron chi connectivity index (χ0n) is 10.3. The maximum absolute atomic E-state index is 11.3. The van der Waals surface area contributed by atoms with Gasteiger partial charge in [-0.2, -0.15) is 5.10 Å². The summed E-state index contributed by atoms with van der Waals surface area (Å²) in [4.78, 5) is 2.14. The van der Waals surface area contributed by atoms with Crippen molar-refractivity contribution < 1.29 is 8.42 Å². The first-order valence-corrected chi connectivity index (χ1v) is 7.18. The molecule has 0 fully saturated rings. The lowest BCUT2D eigenvalue weighted by molar-refractivity contribution is 0.370. The Balaban J connectivity index is 0.00000256. The fourth-order valence-electron chi connectivity index (χ4n) is 1.55. The number of nitrogens with zero attached hydrogens (tertiary/aromatic N) is 3. The van der Waals surface area contributed by atoms with Gasteiger partial charge in [-0.05, 0) is 27.9 Å². The third-order valence-corrected chi connectivity index (χ3v) is 3.86. The molecule has 17 heavy (non-hydrogen) atoms. The molecule has 0 unspecified atom stereocenters. The lowest BCUT2D eigenvalue weighted by Crippen LogP contribution is -2.19. The van der Waals surface area contributed by atoms with Crippen molar-refractivity contribution in [3.63, 3.8) is 0 Å². The van der Waals surface area contributed by atoms with E-state index in [1.54, 1.807) is 18.5 Å². The minimum Gasteiger partial charge on any atom is -0.308 e. The van der Waals surface area contributed by atoms with Crippen molar-refractivity contribution in [1.29, 1.82) is 0 Å². The Morgan fingerprint density at radius 2 is 1.88 bits per heavy atom. The average Bonchev–Trinajstić information content (AvgIpc) is 2.36. The van der Waals surface area contributed by atoms with Crippen LogP contribution in [-0.2, 0) is 15.6 Å². The molecular formula is C9H17Cl2N3O2S. The van der Waals surface area contributed by atoms with E-state index in [0.29, 0.717) is 17.9 Å². The van der Waals surface area contributed by atoms with Crippen molar-refractivity contribution in [3.05, 3.63) is 11.4 Å². The summed E-state index contributed by atoms with van der Waals surface area (Å²) >= 11 is 0. The Hall–Kier alpha value is -0.300. The molecule has 5 nitrogen and oxygen atoms in total. The Morgan fingerprint density at radius 1 is 1.35 bits per heavy atom. The van der Waals surface area contributed by atoms with Crippen LogP contribution in [0.2, 0.25) is 0 Å². The highest BCUT2D eigenvalue weighted by atomic mass is 35.7. The molecule has 0 amide bonds. The first-order valence-electron chi connectivity index (χ1n) is 4.87. The van der Waals surface area contributed by atoms with Crippen LogP contribution < -0.4 is 0 Å². The summed E-state index contributed by atoms with van der Waals surface area (Å²) in [7, 11) is 5.55. The summed E-state index contributed by atoms with van der Waals surface area (Å²) in [5.41, 5.74) is 1.04. The van der Waals surface area contributed by atoms with Crippen LogP contribution in [0.25, 0.3) is 0 Å². The van der Waals surface area contributed by atoms with Gasteiger partial charge in [-0.25, -0.2) is 8.42 Å². The largest absolute Gasteiger partial charge is 0.308 e. The quantitative estimate of drug-likeness (QED) is 0.789. The van der Waals surface area contributed by atoms with Crippen molar-refractivity contribution in [3.8, 4) is 0 Å². The summed E-state index contributed by atoms with van der Waals surface area (Å²) in [6, 6.07) is 0. The monoisotopic (exact) mass is 301 g/mol. The number of rotatable bonds is 4. The van der Waals surface area contributed by atoms with Crippen LogP contribution in [0.4, 0.5) is 0 Å². The second-order valence-corrected chi connectivity index (χ2v) is 6.47. The van der Waals surface area contributed by atoms with Crippen LogP contribution in [0.15, 0.2) is 4.90 Å². The summed E-state index contributed by atoms with van der Waals surface area (Å²) in [5, 5.41) is 4.17. The number of halogens is 2. The first-order chi connectivity index (χ1) is 7.23. The third kappa shape index (κ3) is 4.13. The number of hydrogen-bond donors (Lipinski definition) is 0. The molecule has 0 spiro atoms. The van der Waals surface area contributed by atoms with E-state index < -0.39 is 9.05 Å². The van der Waals surface area contributed by atoms with Gasteiger partial charge in [-0.3, -0.25) is 4.68 Å². The van der Waals surface area contributed by atoms with Crippen LogP contribution in [0, 0.1) is 13.8 Å². The molecule has 0 saturated heterocycles. The Morgan fingerprint density at radius 3 is 2.24 bits per heavy atom. The molecule has 1 aromatic rings. The maximum Gasteiger partial charge on any atom is 0.264 e. The highest BCUT2D eigenvalue weighted by molar-refractivity contribution is 8.13. The number of aryl methyl sites for hydroxylation is 1. The van der Waals surface area contributed by atoms with Crippen molar-refractivity contribution >= 4 is 32.1 Å². The second kappa shape index (κ2) is 6.04. The van der Waals surface area contributed by atoms with Gasteiger partial charge in [-0.1, -0.05) is 0 Å². The van der Waals surface area contributed by atoms with E-state index in [9.17, 15) is 8.42 Å². The summed E-state index contributed by atoms with van der Waals surface area (Å²) < 4.78 is 24.3. The molecule has 0 aromatic carbocycles. The summed E-state index contributed by atoms with van der Waals surface area (Å²) in [5.74, 6) is 0. The Kier molecular flexibility index (Phi) is 5.93. The van der Waals surface area contributed by atoms with Gasteiger partial charge in [0.05, 0.1) is 17.9 Å². The van der Waals surface area contributed by atoms with E-state index in [2.05, 4.69) is 5.10 Å². The van der Waals surface area contributed by atoms with Gasteiger partial charge in [0.25, 0.3) is 9.05 Å². The average molecular weight is 302 g/mol. The van der Waals surface area contributed by atoms with Gasteiger partial charge in [0, 0.05) is 17.2 Å². The Bertz CT molecular complexity index is 483. The smallest absolute Gasteiger partial charge is 0.264 e. The molecule has 1 rings (SSSR count). The van der Waals surface area contributed by atoms with Gasteiger partial charge in [0.15, 0.2) is 0 Å². The predicted octanol–water partition coefficient (Wildman–Crippen LogP) is 1.41. The second-order valence-electron chi connectivity index (χ2n) is 3.96. The minimum atomic E-state index is -3.71. The van der Waals surface area contributed by atoms with Gasteiger partial charge >= 0.3 is 0 Å². The number of likely N-dealkylation sites (N-methyl/N-ethyl adjacent to an activating group) is 1. The maximum atomic E-state index is 11.3. The molecule has 0 bridgehead atoms. The topological polar surface area (TPSA) is 55.2 Å². The molecule has 0 N–H and O–H groups in total. The van der Waals surface area contributed by atoms with E-state index in [0.717, 1.165) is 6.54 Å². The van der Waals surface area contributed by atoms with Gasteiger partial charge in [0.1, 0.15) is 4.90 Å². The highest BCUT2D eigenvalue weighted by Crippen LogP contribution is 2.22. The lowest BCUT2D eigenvalue weighted by Gasteiger charge is -2.10. The fourth-order valence-corrected chi connectivity index (χ4v) is 3.07. The van der Waals surface area contributed by atoms with Crippen LogP contribution in [0.1, 0.15) is 11.4 Å². The molecule has 0 radical (unpaired) electrons. The van der Waals surface area contributed by atoms with Crippen molar-refractivity contribution in [2.45, 2.75) is 25.3 Å². The van der Waals surface area contributed by atoms with Crippen LogP contribution in [0.5, 0.6) is 0 Å².